The third-order valence-electron chi connectivity index (χ3n) is 2.82. The minimum atomic E-state index is -3.65. The summed E-state index contributed by atoms with van der Waals surface area (Å²) in [4.78, 5) is 24.0. The molecule has 0 saturated heterocycles. The summed E-state index contributed by atoms with van der Waals surface area (Å²) in [6, 6.07) is 5.31. The summed E-state index contributed by atoms with van der Waals surface area (Å²) >= 11 is 0. The van der Waals surface area contributed by atoms with Gasteiger partial charge in [0, 0.05) is 18.7 Å². The van der Waals surface area contributed by atoms with E-state index >= 15 is 0 Å². The van der Waals surface area contributed by atoms with Crippen LogP contribution in [0.2, 0.25) is 0 Å². The van der Waals surface area contributed by atoms with E-state index in [2.05, 4.69) is 11.3 Å². The number of amides is 1. The Kier molecular flexibility index (Phi) is 6.26. The number of rotatable bonds is 8. The maximum absolute atomic E-state index is 12.1. The van der Waals surface area contributed by atoms with Crippen molar-refractivity contribution in [2.45, 2.75) is 11.8 Å². The zero-order valence-corrected chi connectivity index (χ0v) is 13.0. The van der Waals surface area contributed by atoms with Crippen molar-refractivity contribution in [3.05, 3.63) is 42.5 Å². The quantitative estimate of drug-likeness (QED) is 0.684. The Labute approximate surface area is 129 Å². The van der Waals surface area contributed by atoms with Gasteiger partial charge in [-0.3, -0.25) is 9.59 Å². The normalized spacial score (nSPS) is 11.0. The molecule has 0 atom stereocenters. The lowest BCUT2D eigenvalue weighted by Gasteiger charge is -2.18. The molecule has 0 aliphatic carbocycles. The summed E-state index contributed by atoms with van der Waals surface area (Å²) in [5.74, 6) is -1.57. The summed E-state index contributed by atoms with van der Waals surface area (Å²) in [7, 11) is -3.65. The van der Waals surface area contributed by atoms with Gasteiger partial charge in [0.1, 0.15) is 6.54 Å². The van der Waals surface area contributed by atoms with E-state index in [9.17, 15) is 18.0 Å². The Morgan fingerprint density at radius 1 is 1.32 bits per heavy atom. The van der Waals surface area contributed by atoms with E-state index in [-0.39, 0.29) is 23.5 Å². The molecule has 1 rings (SSSR count). The first kappa shape index (κ1) is 17.9. The van der Waals surface area contributed by atoms with Gasteiger partial charge in [-0.15, -0.1) is 6.58 Å². The molecule has 0 unspecified atom stereocenters. The Morgan fingerprint density at radius 3 is 2.36 bits per heavy atom. The lowest BCUT2D eigenvalue weighted by Crippen LogP contribution is -2.35. The minimum absolute atomic E-state index is 0.0205. The first-order valence-electron chi connectivity index (χ1n) is 6.53. The van der Waals surface area contributed by atoms with Gasteiger partial charge in [-0.1, -0.05) is 6.08 Å². The molecule has 7 nitrogen and oxygen atoms in total. The van der Waals surface area contributed by atoms with Crippen molar-refractivity contribution in [1.29, 1.82) is 0 Å². The molecule has 120 valence electrons. The van der Waals surface area contributed by atoms with E-state index in [1.807, 2.05) is 0 Å². The largest absolute Gasteiger partial charge is 0.480 e. The zero-order chi connectivity index (χ0) is 16.8. The second-order valence-corrected chi connectivity index (χ2v) is 6.14. The van der Waals surface area contributed by atoms with Crippen LogP contribution in [0, 0.1) is 0 Å². The van der Waals surface area contributed by atoms with E-state index in [1.165, 1.54) is 30.3 Å². The van der Waals surface area contributed by atoms with Crippen LogP contribution < -0.4 is 4.72 Å². The van der Waals surface area contributed by atoms with Crippen LogP contribution >= 0.6 is 0 Å². The SMILES string of the molecule is C=CCNS(=O)(=O)c1ccc(C(=O)N(CC)CC(=O)O)cc1. The molecule has 0 aliphatic rings. The molecule has 1 amide bonds. The molecule has 1 aromatic carbocycles. The van der Waals surface area contributed by atoms with Crippen LogP contribution in [0.4, 0.5) is 0 Å². The predicted octanol–water partition coefficient (Wildman–Crippen LogP) is 0.698. The number of benzene rings is 1. The van der Waals surface area contributed by atoms with Gasteiger partial charge in [0.05, 0.1) is 4.90 Å². The highest BCUT2D eigenvalue weighted by molar-refractivity contribution is 7.89. The van der Waals surface area contributed by atoms with Gasteiger partial charge in [0.2, 0.25) is 10.0 Å². The lowest BCUT2D eigenvalue weighted by molar-refractivity contribution is -0.137. The third kappa shape index (κ3) is 4.68. The molecular weight excluding hydrogens is 308 g/mol. The molecule has 22 heavy (non-hydrogen) atoms. The summed E-state index contributed by atoms with van der Waals surface area (Å²) in [6.45, 7) is 5.03. The molecular formula is C14H18N2O5S. The highest BCUT2D eigenvalue weighted by Gasteiger charge is 2.18. The maximum atomic E-state index is 12.1. The average Bonchev–Trinajstić information content (AvgIpc) is 2.50. The Balaban J connectivity index is 2.94. The fourth-order valence-corrected chi connectivity index (χ4v) is 2.70. The summed E-state index contributed by atoms with van der Waals surface area (Å²) in [6.07, 6.45) is 1.42. The molecule has 0 saturated carbocycles. The van der Waals surface area contributed by atoms with Crippen LogP contribution in [0.15, 0.2) is 41.8 Å². The first-order valence-corrected chi connectivity index (χ1v) is 8.01. The van der Waals surface area contributed by atoms with Crippen molar-refractivity contribution in [2.75, 3.05) is 19.6 Å². The Morgan fingerprint density at radius 2 is 1.91 bits per heavy atom. The molecule has 0 radical (unpaired) electrons. The standard InChI is InChI=1S/C14H18N2O5S/c1-3-9-15-22(20,21)12-7-5-11(6-8-12)14(19)16(4-2)10-13(17)18/h3,5-8,15H,1,4,9-10H2,2H3,(H,17,18). The molecule has 0 fully saturated rings. The minimum Gasteiger partial charge on any atom is -0.480 e. The van der Waals surface area contributed by atoms with Gasteiger partial charge in [-0.05, 0) is 31.2 Å². The van der Waals surface area contributed by atoms with Crippen molar-refractivity contribution in [1.82, 2.24) is 9.62 Å². The molecule has 0 aliphatic heterocycles. The van der Waals surface area contributed by atoms with Crippen LogP contribution in [0.5, 0.6) is 0 Å². The molecule has 0 spiro atoms. The van der Waals surface area contributed by atoms with Crippen molar-refractivity contribution in [3.8, 4) is 0 Å². The third-order valence-corrected chi connectivity index (χ3v) is 4.26. The molecule has 0 bridgehead atoms. The van der Waals surface area contributed by atoms with Gasteiger partial charge >= 0.3 is 5.97 Å². The Bertz CT molecular complexity index is 652. The first-order chi connectivity index (χ1) is 10.3. The van der Waals surface area contributed by atoms with Gasteiger partial charge in [-0.25, -0.2) is 13.1 Å². The van der Waals surface area contributed by atoms with E-state index in [4.69, 9.17) is 5.11 Å². The van der Waals surface area contributed by atoms with Gasteiger partial charge in [-0.2, -0.15) is 0 Å². The van der Waals surface area contributed by atoms with Crippen LogP contribution in [0.3, 0.4) is 0 Å². The molecule has 8 heteroatoms. The monoisotopic (exact) mass is 326 g/mol. The highest BCUT2D eigenvalue weighted by atomic mass is 32.2. The number of carbonyl (C=O) groups excluding carboxylic acids is 1. The second kappa shape index (κ2) is 7.71. The Hall–Kier alpha value is -2.19. The van der Waals surface area contributed by atoms with Crippen molar-refractivity contribution >= 4 is 21.9 Å². The lowest BCUT2D eigenvalue weighted by atomic mass is 10.2. The van der Waals surface area contributed by atoms with Gasteiger partial charge in [0.15, 0.2) is 0 Å². The van der Waals surface area contributed by atoms with Crippen molar-refractivity contribution < 1.29 is 23.1 Å². The summed E-state index contributed by atoms with van der Waals surface area (Å²) in [5, 5.41) is 8.75. The van der Waals surface area contributed by atoms with E-state index < -0.39 is 28.4 Å². The van der Waals surface area contributed by atoms with Crippen LogP contribution in [0.1, 0.15) is 17.3 Å². The van der Waals surface area contributed by atoms with E-state index in [1.54, 1.807) is 6.92 Å². The van der Waals surface area contributed by atoms with Crippen LogP contribution in [-0.2, 0) is 14.8 Å². The highest BCUT2D eigenvalue weighted by Crippen LogP contribution is 2.12. The number of hydrogen-bond donors (Lipinski definition) is 2. The van der Waals surface area contributed by atoms with E-state index in [0.29, 0.717) is 0 Å². The van der Waals surface area contributed by atoms with E-state index in [0.717, 1.165) is 4.90 Å². The average molecular weight is 326 g/mol. The van der Waals surface area contributed by atoms with Crippen molar-refractivity contribution in [3.63, 3.8) is 0 Å². The number of sulfonamides is 1. The smallest absolute Gasteiger partial charge is 0.323 e. The predicted molar refractivity (Wildman–Crippen MR) is 81.0 cm³/mol. The van der Waals surface area contributed by atoms with Gasteiger partial charge < -0.3 is 10.0 Å². The zero-order valence-electron chi connectivity index (χ0n) is 12.2. The number of aliphatic carboxylic acids is 1. The summed E-state index contributed by atoms with van der Waals surface area (Å²) in [5.41, 5.74) is 0.228. The topological polar surface area (TPSA) is 104 Å². The van der Waals surface area contributed by atoms with Gasteiger partial charge in [0.25, 0.3) is 5.91 Å². The maximum Gasteiger partial charge on any atom is 0.323 e. The molecule has 0 heterocycles. The molecule has 0 aromatic heterocycles. The number of carbonyl (C=O) groups is 2. The van der Waals surface area contributed by atoms with Crippen molar-refractivity contribution in [2.24, 2.45) is 0 Å². The van der Waals surface area contributed by atoms with Crippen LogP contribution in [0.25, 0.3) is 0 Å². The number of nitrogens with one attached hydrogen (secondary N) is 1. The number of carboxylic acids is 1. The number of likely N-dealkylation sites (N-methyl/N-ethyl adjacent to an activating group) is 1. The fraction of sp³-hybridized carbons (Fsp3) is 0.286. The van der Waals surface area contributed by atoms with Crippen LogP contribution in [-0.4, -0.2) is 49.9 Å². The number of nitrogens with zero attached hydrogens (tertiary/aromatic N) is 1. The molecule has 2 N–H and O–H groups in total. The summed E-state index contributed by atoms with van der Waals surface area (Å²) < 4.78 is 26.1. The second-order valence-electron chi connectivity index (χ2n) is 4.38. The number of hydrogen-bond acceptors (Lipinski definition) is 4. The molecule has 1 aromatic rings. The fourth-order valence-electron chi connectivity index (χ4n) is 1.70. The number of carboxylic acid groups (broad SMARTS) is 1.